The second-order valence-corrected chi connectivity index (χ2v) is 10.9. The van der Waals surface area contributed by atoms with Gasteiger partial charge in [0, 0.05) is 19.6 Å². The van der Waals surface area contributed by atoms with Crippen LogP contribution in [0.2, 0.25) is 0 Å². The number of rotatable bonds is 3. The number of hydrogen-bond acceptors (Lipinski definition) is 6. The maximum absolute atomic E-state index is 13.4. The zero-order valence-electron chi connectivity index (χ0n) is 21.5. The summed E-state index contributed by atoms with van der Waals surface area (Å²) >= 11 is 0. The molecule has 0 aromatic heterocycles. The van der Waals surface area contributed by atoms with Gasteiger partial charge in [-0.3, -0.25) is 9.69 Å². The van der Waals surface area contributed by atoms with Crippen molar-refractivity contribution >= 4 is 24.6 Å². The van der Waals surface area contributed by atoms with Gasteiger partial charge in [0.25, 0.3) is 5.91 Å². The third-order valence-electron chi connectivity index (χ3n) is 7.91. The second kappa shape index (κ2) is 9.14. The number of halogens is 3. The van der Waals surface area contributed by atoms with Crippen LogP contribution in [0.5, 0.6) is 0 Å². The van der Waals surface area contributed by atoms with Gasteiger partial charge in [-0.2, -0.15) is 13.2 Å². The van der Waals surface area contributed by atoms with Gasteiger partial charge in [0.15, 0.2) is 0 Å². The fourth-order valence-electron chi connectivity index (χ4n) is 4.83. The highest BCUT2D eigenvalue weighted by Crippen LogP contribution is 2.39. The summed E-state index contributed by atoms with van der Waals surface area (Å²) in [7, 11) is -0.748. The topological polar surface area (TPSA) is 109 Å². The molecule has 2 amide bonds. The standard InChI is InChI=1S/C24H32BF3N2O7/c1-21(2)22(3,4)37-25(36-21)15-10-14-6-7-29(19(31)23(5,34)24(26,27)28)12-17(14)16(11-15)18-13-35-9-8-30(18)20(32)33/h10-11,18,34H,6-9,12-13H2,1-5H3,(H,32,33)/t18-,23?/m0/s1. The lowest BCUT2D eigenvalue weighted by atomic mass is 9.74. The molecule has 0 radical (unpaired) electrons. The maximum atomic E-state index is 13.4. The molecule has 13 heteroatoms. The molecule has 0 aliphatic carbocycles. The lowest BCUT2D eigenvalue weighted by Gasteiger charge is -2.39. The summed E-state index contributed by atoms with van der Waals surface area (Å²) in [6.07, 6.45) is -6.10. The first-order valence-corrected chi connectivity index (χ1v) is 12.1. The fraction of sp³-hybridized carbons (Fsp3) is 0.667. The van der Waals surface area contributed by atoms with E-state index in [1.807, 2.05) is 33.8 Å². The third-order valence-corrected chi connectivity index (χ3v) is 7.91. The number of amides is 2. The quantitative estimate of drug-likeness (QED) is 0.580. The lowest BCUT2D eigenvalue weighted by molar-refractivity contribution is -0.250. The van der Waals surface area contributed by atoms with Crippen molar-refractivity contribution in [3.05, 3.63) is 28.8 Å². The van der Waals surface area contributed by atoms with Crippen LogP contribution in [0.3, 0.4) is 0 Å². The predicted molar refractivity (Wildman–Crippen MR) is 126 cm³/mol. The molecule has 0 spiro atoms. The Morgan fingerprint density at radius 2 is 1.73 bits per heavy atom. The van der Waals surface area contributed by atoms with Crippen molar-refractivity contribution < 1.29 is 47.0 Å². The zero-order valence-corrected chi connectivity index (χ0v) is 21.5. The molecule has 2 N–H and O–H groups in total. The van der Waals surface area contributed by atoms with Crippen molar-refractivity contribution in [2.24, 2.45) is 0 Å². The number of carbonyl (C=O) groups excluding carboxylic acids is 1. The second-order valence-electron chi connectivity index (χ2n) is 10.9. The summed E-state index contributed by atoms with van der Waals surface area (Å²) in [6.45, 7) is 8.16. The van der Waals surface area contributed by atoms with Gasteiger partial charge in [-0.15, -0.1) is 0 Å². The van der Waals surface area contributed by atoms with Gasteiger partial charge in [0.2, 0.25) is 5.60 Å². The molecule has 3 aliphatic heterocycles. The Hall–Kier alpha value is -2.35. The molecular formula is C24H32BF3N2O7. The van der Waals surface area contributed by atoms with Gasteiger partial charge >= 0.3 is 19.4 Å². The minimum absolute atomic E-state index is 0.0414. The maximum Gasteiger partial charge on any atom is 0.494 e. The SMILES string of the molecule is CC1(C)OB(c2cc3c(c([C@@H]4COCCN4C(=O)O)c2)CN(C(=O)C(C)(O)C(F)(F)F)CC3)OC1(C)C. The van der Waals surface area contributed by atoms with Crippen LogP contribution < -0.4 is 5.46 Å². The third kappa shape index (κ3) is 4.82. The highest BCUT2D eigenvalue weighted by molar-refractivity contribution is 6.62. The molecule has 1 aromatic rings. The van der Waals surface area contributed by atoms with Crippen molar-refractivity contribution in [2.75, 3.05) is 26.3 Å². The lowest BCUT2D eigenvalue weighted by Crippen LogP contribution is -2.57. The number of benzene rings is 1. The Kier molecular flexibility index (Phi) is 6.84. The number of carboxylic acid groups (broad SMARTS) is 1. The average molecular weight is 528 g/mol. The monoisotopic (exact) mass is 528 g/mol. The van der Waals surface area contributed by atoms with Crippen LogP contribution in [0.25, 0.3) is 0 Å². The molecule has 3 aliphatic rings. The van der Waals surface area contributed by atoms with Gasteiger partial charge in [-0.05, 0) is 63.2 Å². The van der Waals surface area contributed by atoms with Crippen molar-refractivity contribution in [2.45, 2.75) is 76.6 Å². The van der Waals surface area contributed by atoms with Crippen LogP contribution >= 0.6 is 0 Å². The van der Waals surface area contributed by atoms with E-state index in [4.69, 9.17) is 14.0 Å². The number of hydrogen-bond donors (Lipinski definition) is 2. The van der Waals surface area contributed by atoms with Crippen LogP contribution in [-0.2, 0) is 31.8 Å². The molecule has 4 rings (SSSR count). The van der Waals surface area contributed by atoms with Crippen LogP contribution in [0, 0.1) is 0 Å². The Morgan fingerprint density at radius 1 is 1.11 bits per heavy atom. The Labute approximate surface area is 213 Å². The van der Waals surface area contributed by atoms with E-state index in [0.29, 0.717) is 23.5 Å². The first kappa shape index (κ1) is 27.7. The largest absolute Gasteiger partial charge is 0.494 e. The van der Waals surface area contributed by atoms with Gasteiger partial charge in [0.1, 0.15) is 0 Å². The molecule has 37 heavy (non-hydrogen) atoms. The minimum Gasteiger partial charge on any atom is -0.465 e. The van der Waals surface area contributed by atoms with Crippen molar-refractivity contribution in [1.29, 1.82) is 0 Å². The van der Waals surface area contributed by atoms with E-state index in [1.54, 1.807) is 6.07 Å². The highest BCUT2D eigenvalue weighted by Gasteiger charge is 2.57. The van der Waals surface area contributed by atoms with Gasteiger partial charge in [0.05, 0.1) is 30.5 Å². The zero-order chi connectivity index (χ0) is 27.6. The summed E-state index contributed by atoms with van der Waals surface area (Å²) < 4.78 is 58.1. The fourth-order valence-corrected chi connectivity index (χ4v) is 4.83. The normalized spacial score (nSPS) is 25.0. The number of fused-ring (bicyclic) bond motifs is 1. The van der Waals surface area contributed by atoms with Crippen LogP contribution in [0.1, 0.15) is 57.4 Å². The predicted octanol–water partition coefficient (Wildman–Crippen LogP) is 2.24. The van der Waals surface area contributed by atoms with Crippen molar-refractivity contribution in [1.82, 2.24) is 9.80 Å². The van der Waals surface area contributed by atoms with E-state index in [0.717, 1.165) is 10.5 Å². The molecule has 2 atom stereocenters. The summed E-state index contributed by atoms with van der Waals surface area (Å²) in [5.74, 6) is -1.46. The van der Waals surface area contributed by atoms with E-state index < -0.39 is 48.1 Å². The molecular weight excluding hydrogens is 496 g/mol. The number of ether oxygens (including phenoxy) is 1. The van der Waals surface area contributed by atoms with Gasteiger partial charge < -0.3 is 29.2 Å². The Morgan fingerprint density at radius 3 is 2.30 bits per heavy atom. The van der Waals surface area contributed by atoms with E-state index in [9.17, 15) is 33.0 Å². The molecule has 9 nitrogen and oxygen atoms in total. The number of aliphatic hydroxyl groups is 1. The molecule has 204 valence electrons. The highest BCUT2D eigenvalue weighted by atomic mass is 19.4. The van der Waals surface area contributed by atoms with E-state index >= 15 is 0 Å². The number of morpholine rings is 1. The molecule has 1 aromatic carbocycles. The summed E-state index contributed by atoms with van der Waals surface area (Å²) in [6, 6.07) is 2.81. The average Bonchev–Trinajstić information content (AvgIpc) is 3.03. The van der Waals surface area contributed by atoms with Crippen LogP contribution in [-0.4, -0.2) is 88.4 Å². The summed E-state index contributed by atoms with van der Waals surface area (Å²) in [5.41, 5.74) is -2.37. The smallest absolute Gasteiger partial charge is 0.465 e. The van der Waals surface area contributed by atoms with Crippen LogP contribution in [0.15, 0.2) is 12.1 Å². The summed E-state index contributed by atoms with van der Waals surface area (Å²) in [4.78, 5) is 27.0. The minimum atomic E-state index is -5.15. The molecule has 1 unspecified atom stereocenters. The van der Waals surface area contributed by atoms with E-state index in [-0.39, 0.29) is 39.3 Å². The Balaban J connectivity index is 1.77. The number of carbonyl (C=O) groups is 2. The number of alkyl halides is 3. The van der Waals surface area contributed by atoms with Gasteiger partial charge in [-0.25, -0.2) is 4.79 Å². The van der Waals surface area contributed by atoms with Gasteiger partial charge in [-0.1, -0.05) is 12.1 Å². The van der Waals surface area contributed by atoms with Crippen molar-refractivity contribution in [3.63, 3.8) is 0 Å². The first-order chi connectivity index (χ1) is 17.0. The molecule has 3 heterocycles. The molecule has 0 saturated carbocycles. The Bertz CT molecular complexity index is 1080. The summed E-state index contributed by atoms with van der Waals surface area (Å²) in [5, 5.41) is 19.8. The number of nitrogens with zero attached hydrogens (tertiary/aromatic N) is 2. The molecule has 2 saturated heterocycles. The molecule has 2 fully saturated rings. The van der Waals surface area contributed by atoms with Crippen LogP contribution in [0.4, 0.5) is 18.0 Å². The van der Waals surface area contributed by atoms with E-state index in [1.165, 1.54) is 4.90 Å². The molecule has 0 bridgehead atoms. The van der Waals surface area contributed by atoms with Crippen molar-refractivity contribution in [3.8, 4) is 0 Å². The first-order valence-electron chi connectivity index (χ1n) is 12.1. The van der Waals surface area contributed by atoms with E-state index in [2.05, 4.69) is 0 Å².